The Morgan fingerprint density at radius 3 is 2.89 bits per heavy atom. The Kier molecular flexibility index (Phi) is 3.95. The van der Waals surface area contributed by atoms with Crippen molar-refractivity contribution < 1.29 is 14.3 Å². The van der Waals surface area contributed by atoms with Crippen LogP contribution in [0.2, 0.25) is 0 Å². The highest BCUT2D eigenvalue weighted by Crippen LogP contribution is 2.35. The van der Waals surface area contributed by atoms with E-state index in [2.05, 4.69) is 10.6 Å². The topological polar surface area (TPSA) is 59.6 Å². The highest BCUT2D eigenvalue weighted by atomic mass is 16.7. The molecule has 1 aromatic rings. The number of carbonyl (C=O) groups excluding carboxylic acids is 1. The van der Waals surface area contributed by atoms with Crippen molar-refractivity contribution in [1.82, 2.24) is 10.6 Å². The van der Waals surface area contributed by atoms with E-state index in [0.717, 1.165) is 17.1 Å². The number of fused-ring (bicyclic) bond motifs is 1. The van der Waals surface area contributed by atoms with Crippen molar-refractivity contribution in [1.29, 1.82) is 0 Å². The van der Waals surface area contributed by atoms with Crippen LogP contribution in [0.4, 0.5) is 0 Å². The molecule has 2 rings (SSSR count). The number of nitrogens with one attached hydrogen (secondary N) is 2. The average Bonchev–Trinajstić information content (AvgIpc) is 2.86. The van der Waals surface area contributed by atoms with Crippen molar-refractivity contribution in [3.05, 3.63) is 23.8 Å². The van der Waals surface area contributed by atoms with Crippen LogP contribution in [-0.2, 0) is 11.3 Å². The summed E-state index contributed by atoms with van der Waals surface area (Å²) in [5.74, 6) is 1.61. The van der Waals surface area contributed by atoms with Gasteiger partial charge in [0.1, 0.15) is 0 Å². The molecule has 0 saturated carbocycles. The normalized spacial score (nSPS) is 13.4. The lowest BCUT2D eigenvalue weighted by Crippen LogP contribution is -2.41. The molecular formula is C14H20N2O3. The van der Waals surface area contributed by atoms with Crippen LogP contribution in [0.3, 0.4) is 0 Å². The Labute approximate surface area is 113 Å². The smallest absolute Gasteiger partial charge is 0.231 e. The minimum absolute atomic E-state index is 0.0258. The summed E-state index contributed by atoms with van der Waals surface area (Å²) in [7, 11) is 1.65. The third-order valence-electron chi connectivity index (χ3n) is 3.20. The van der Waals surface area contributed by atoms with Crippen molar-refractivity contribution in [2.75, 3.05) is 20.4 Å². The average molecular weight is 264 g/mol. The lowest BCUT2D eigenvalue weighted by atomic mass is 9.92. The van der Waals surface area contributed by atoms with Gasteiger partial charge in [-0.1, -0.05) is 12.1 Å². The van der Waals surface area contributed by atoms with E-state index in [1.165, 1.54) is 0 Å². The second kappa shape index (κ2) is 5.48. The summed E-state index contributed by atoms with van der Waals surface area (Å²) in [5, 5.41) is 5.96. The molecule has 0 radical (unpaired) electrons. The number of carbonyl (C=O) groups is 1. The zero-order chi connectivity index (χ0) is 13.9. The molecule has 0 fully saturated rings. The Morgan fingerprint density at radius 1 is 1.37 bits per heavy atom. The first kappa shape index (κ1) is 13.7. The molecule has 0 saturated heterocycles. The molecule has 1 aliphatic heterocycles. The van der Waals surface area contributed by atoms with Gasteiger partial charge in [-0.3, -0.25) is 4.79 Å². The maximum absolute atomic E-state index is 11.7. The molecule has 2 N–H and O–H groups in total. The SMILES string of the molecule is CNC(=O)C(C)(C)CNCc1cccc2c1OCO2. The number of para-hydroxylation sites is 1. The predicted molar refractivity (Wildman–Crippen MR) is 72.1 cm³/mol. The van der Waals surface area contributed by atoms with Gasteiger partial charge >= 0.3 is 0 Å². The second-order valence-corrected chi connectivity index (χ2v) is 5.22. The van der Waals surface area contributed by atoms with E-state index < -0.39 is 5.41 Å². The van der Waals surface area contributed by atoms with Gasteiger partial charge in [0.2, 0.25) is 12.7 Å². The van der Waals surface area contributed by atoms with E-state index in [0.29, 0.717) is 13.1 Å². The van der Waals surface area contributed by atoms with E-state index in [1.807, 2.05) is 32.0 Å². The van der Waals surface area contributed by atoms with Crippen molar-refractivity contribution in [2.45, 2.75) is 20.4 Å². The maximum atomic E-state index is 11.7. The molecule has 0 unspecified atom stereocenters. The van der Waals surface area contributed by atoms with Crippen LogP contribution in [0.1, 0.15) is 19.4 Å². The third kappa shape index (κ3) is 2.98. The van der Waals surface area contributed by atoms with Crippen LogP contribution < -0.4 is 20.1 Å². The minimum atomic E-state index is -0.440. The van der Waals surface area contributed by atoms with Crippen molar-refractivity contribution >= 4 is 5.91 Å². The van der Waals surface area contributed by atoms with Gasteiger partial charge in [0.05, 0.1) is 5.41 Å². The van der Waals surface area contributed by atoms with Gasteiger partial charge in [0.15, 0.2) is 11.5 Å². The van der Waals surface area contributed by atoms with Gasteiger partial charge in [-0.25, -0.2) is 0 Å². The van der Waals surface area contributed by atoms with Gasteiger partial charge in [-0.2, -0.15) is 0 Å². The van der Waals surface area contributed by atoms with Crippen LogP contribution >= 0.6 is 0 Å². The molecule has 104 valence electrons. The number of hydrogen-bond donors (Lipinski definition) is 2. The zero-order valence-corrected chi connectivity index (χ0v) is 11.6. The van der Waals surface area contributed by atoms with Crippen molar-refractivity contribution in [2.24, 2.45) is 5.41 Å². The quantitative estimate of drug-likeness (QED) is 0.841. The summed E-state index contributed by atoms with van der Waals surface area (Å²) < 4.78 is 10.8. The summed E-state index contributed by atoms with van der Waals surface area (Å²) in [6.07, 6.45) is 0. The summed E-state index contributed by atoms with van der Waals surface area (Å²) in [5.41, 5.74) is 0.604. The van der Waals surface area contributed by atoms with Crippen LogP contribution in [-0.4, -0.2) is 26.3 Å². The van der Waals surface area contributed by atoms with E-state index in [9.17, 15) is 4.79 Å². The van der Waals surface area contributed by atoms with E-state index in [-0.39, 0.29) is 12.7 Å². The molecule has 0 spiro atoms. The van der Waals surface area contributed by atoms with Gasteiger partial charge < -0.3 is 20.1 Å². The number of hydrogen-bond acceptors (Lipinski definition) is 4. The molecule has 1 aromatic carbocycles. The molecule has 1 amide bonds. The Bertz CT molecular complexity index is 472. The first-order chi connectivity index (χ1) is 9.04. The fourth-order valence-electron chi connectivity index (χ4n) is 2.06. The monoisotopic (exact) mass is 264 g/mol. The Morgan fingerprint density at radius 2 is 2.16 bits per heavy atom. The number of amides is 1. The third-order valence-corrected chi connectivity index (χ3v) is 3.20. The molecule has 19 heavy (non-hydrogen) atoms. The Balaban J connectivity index is 1.94. The number of ether oxygens (including phenoxy) is 2. The minimum Gasteiger partial charge on any atom is -0.454 e. The summed E-state index contributed by atoms with van der Waals surface area (Å²) in [4.78, 5) is 11.7. The zero-order valence-electron chi connectivity index (χ0n) is 11.6. The molecule has 0 bridgehead atoms. The molecule has 5 nitrogen and oxygen atoms in total. The van der Waals surface area contributed by atoms with Crippen LogP contribution in [0.15, 0.2) is 18.2 Å². The van der Waals surface area contributed by atoms with Gasteiger partial charge in [0, 0.05) is 25.7 Å². The summed E-state index contributed by atoms with van der Waals surface area (Å²) in [6, 6.07) is 5.82. The highest BCUT2D eigenvalue weighted by molar-refractivity contribution is 5.81. The molecule has 0 aliphatic carbocycles. The largest absolute Gasteiger partial charge is 0.454 e. The van der Waals surface area contributed by atoms with Gasteiger partial charge in [0.25, 0.3) is 0 Å². The molecule has 1 aliphatic rings. The van der Waals surface area contributed by atoms with E-state index in [4.69, 9.17) is 9.47 Å². The van der Waals surface area contributed by atoms with Crippen LogP contribution in [0.25, 0.3) is 0 Å². The van der Waals surface area contributed by atoms with Crippen molar-refractivity contribution in [3.63, 3.8) is 0 Å². The molecule has 5 heteroatoms. The molecule has 1 heterocycles. The second-order valence-electron chi connectivity index (χ2n) is 5.22. The summed E-state index contributed by atoms with van der Waals surface area (Å²) in [6.45, 7) is 5.34. The van der Waals surface area contributed by atoms with E-state index >= 15 is 0 Å². The van der Waals surface area contributed by atoms with Crippen LogP contribution in [0, 0.1) is 5.41 Å². The van der Waals surface area contributed by atoms with Crippen molar-refractivity contribution in [3.8, 4) is 11.5 Å². The van der Waals surface area contributed by atoms with Crippen LogP contribution in [0.5, 0.6) is 11.5 Å². The van der Waals surface area contributed by atoms with Gasteiger partial charge in [-0.15, -0.1) is 0 Å². The molecule has 0 aromatic heterocycles. The standard InChI is InChI=1S/C14H20N2O3/c1-14(2,13(17)15-3)8-16-7-10-5-4-6-11-12(10)19-9-18-11/h4-6,16H,7-9H2,1-3H3,(H,15,17). The number of rotatable bonds is 5. The van der Waals surface area contributed by atoms with Gasteiger partial charge in [-0.05, 0) is 19.9 Å². The Hall–Kier alpha value is -1.75. The maximum Gasteiger partial charge on any atom is 0.231 e. The lowest BCUT2D eigenvalue weighted by molar-refractivity contribution is -0.128. The predicted octanol–water partition coefficient (Wildman–Crippen LogP) is 1.28. The summed E-state index contributed by atoms with van der Waals surface area (Å²) >= 11 is 0. The first-order valence-corrected chi connectivity index (χ1v) is 6.35. The fraction of sp³-hybridized carbons (Fsp3) is 0.500. The molecule has 0 atom stereocenters. The first-order valence-electron chi connectivity index (χ1n) is 6.35. The number of benzene rings is 1. The highest BCUT2D eigenvalue weighted by Gasteiger charge is 2.26. The molecular weight excluding hydrogens is 244 g/mol. The fourth-order valence-corrected chi connectivity index (χ4v) is 2.06. The lowest BCUT2D eigenvalue weighted by Gasteiger charge is -2.23. The van der Waals surface area contributed by atoms with E-state index in [1.54, 1.807) is 7.05 Å².